The first kappa shape index (κ1) is 14.7. The van der Waals surface area contributed by atoms with Crippen molar-refractivity contribution in [3.05, 3.63) is 22.7 Å². The summed E-state index contributed by atoms with van der Waals surface area (Å²) in [7, 11) is 0. The molecule has 1 aromatic rings. The zero-order valence-electron chi connectivity index (χ0n) is 12.2. The maximum Gasteiger partial charge on any atom is 0.144 e. The van der Waals surface area contributed by atoms with Gasteiger partial charge in [-0.05, 0) is 44.3 Å². The molecule has 3 nitrogen and oxygen atoms in total. The van der Waals surface area contributed by atoms with Gasteiger partial charge in [-0.3, -0.25) is 4.90 Å². The van der Waals surface area contributed by atoms with Crippen LogP contribution in [0.5, 0.6) is 0 Å². The van der Waals surface area contributed by atoms with Crippen LogP contribution in [-0.4, -0.2) is 28.0 Å². The fraction of sp³-hybridized carbons (Fsp3) is 0.733. The maximum absolute atomic E-state index is 5.99. The number of rotatable bonds is 4. The van der Waals surface area contributed by atoms with Gasteiger partial charge in [-0.2, -0.15) is 0 Å². The highest BCUT2D eigenvalue weighted by atomic mass is 35.5. The molecule has 1 saturated heterocycles. The summed E-state index contributed by atoms with van der Waals surface area (Å²) in [4.78, 5) is 11.2. The number of aryl methyl sites for hydroxylation is 1. The molecule has 1 aromatic heterocycles. The average Bonchev–Trinajstić information content (AvgIpc) is 2.39. The van der Waals surface area contributed by atoms with Crippen LogP contribution in [0, 0.1) is 12.3 Å². The SMILES string of the molecule is CCC1(CC)CCN(Cc2nc(C)cc(Cl)n2)CC1. The van der Waals surface area contributed by atoms with Gasteiger partial charge in [0.05, 0.1) is 6.54 Å². The summed E-state index contributed by atoms with van der Waals surface area (Å²) in [5.74, 6) is 0.852. The lowest BCUT2D eigenvalue weighted by atomic mass is 9.74. The molecular weight excluding hydrogens is 258 g/mol. The van der Waals surface area contributed by atoms with Crippen LogP contribution in [0.25, 0.3) is 0 Å². The summed E-state index contributed by atoms with van der Waals surface area (Å²) < 4.78 is 0. The van der Waals surface area contributed by atoms with E-state index < -0.39 is 0 Å². The Morgan fingerprint density at radius 1 is 1.21 bits per heavy atom. The average molecular weight is 282 g/mol. The highest BCUT2D eigenvalue weighted by molar-refractivity contribution is 6.29. The first-order chi connectivity index (χ1) is 9.07. The molecular formula is C15H24ClN3. The van der Waals surface area contributed by atoms with Crippen molar-refractivity contribution in [2.45, 2.75) is 53.0 Å². The normalized spacial score (nSPS) is 19.6. The summed E-state index contributed by atoms with van der Waals surface area (Å²) in [6.45, 7) is 9.73. The Balaban J connectivity index is 1.95. The number of aromatic nitrogens is 2. The first-order valence-electron chi connectivity index (χ1n) is 7.29. The van der Waals surface area contributed by atoms with Gasteiger partial charge in [0.25, 0.3) is 0 Å². The molecule has 0 amide bonds. The van der Waals surface area contributed by atoms with Crippen LogP contribution >= 0.6 is 11.6 Å². The quantitative estimate of drug-likeness (QED) is 0.785. The molecule has 0 radical (unpaired) electrons. The largest absolute Gasteiger partial charge is 0.296 e. The molecule has 1 aliphatic heterocycles. The molecule has 0 spiro atoms. The minimum atomic E-state index is 0.552. The summed E-state index contributed by atoms with van der Waals surface area (Å²) in [6, 6.07) is 1.81. The molecule has 0 unspecified atom stereocenters. The van der Waals surface area contributed by atoms with Gasteiger partial charge in [-0.25, -0.2) is 9.97 Å². The van der Waals surface area contributed by atoms with E-state index in [0.29, 0.717) is 10.6 Å². The van der Waals surface area contributed by atoms with E-state index in [2.05, 4.69) is 28.7 Å². The lowest BCUT2D eigenvalue weighted by Crippen LogP contribution is -2.39. The van der Waals surface area contributed by atoms with Gasteiger partial charge >= 0.3 is 0 Å². The fourth-order valence-corrected chi connectivity index (χ4v) is 3.26. The molecule has 2 heterocycles. The Labute approximate surface area is 121 Å². The number of hydrogen-bond donors (Lipinski definition) is 0. The van der Waals surface area contributed by atoms with Crippen LogP contribution in [0.4, 0.5) is 0 Å². The van der Waals surface area contributed by atoms with E-state index in [9.17, 15) is 0 Å². The Bertz CT molecular complexity index is 399. The van der Waals surface area contributed by atoms with Crippen molar-refractivity contribution >= 4 is 11.6 Å². The third-order valence-electron chi connectivity index (χ3n) is 4.65. The zero-order chi connectivity index (χ0) is 13.9. The van der Waals surface area contributed by atoms with Crippen LogP contribution in [0.2, 0.25) is 5.15 Å². The van der Waals surface area contributed by atoms with E-state index in [1.807, 2.05) is 6.92 Å². The smallest absolute Gasteiger partial charge is 0.144 e. The van der Waals surface area contributed by atoms with Gasteiger partial charge in [0.15, 0.2) is 0 Å². The zero-order valence-corrected chi connectivity index (χ0v) is 13.0. The summed E-state index contributed by atoms with van der Waals surface area (Å²) in [6.07, 6.45) is 5.17. The van der Waals surface area contributed by atoms with Gasteiger partial charge in [-0.15, -0.1) is 0 Å². The lowest BCUT2D eigenvalue weighted by Gasteiger charge is -2.40. The molecule has 106 valence electrons. The van der Waals surface area contributed by atoms with Crippen molar-refractivity contribution in [2.24, 2.45) is 5.41 Å². The van der Waals surface area contributed by atoms with E-state index in [0.717, 1.165) is 31.2 Å². The van der Waals surface area contributed by atoms with E-state index in [4.69, 9.17) is 11.6 Å². The van der Waals surface area contributed by atoms with Crippen molar-refractivity contribution in [1.82, 2.24) is 14.9 Å². The standard InChI is InChI=1S/C15H24ClN3/c1-4-15(5-2)6-8-19(9-7-15)11-14-17-12(3)10-13(16)18-14/h10H,4-9,11H2,1-3H3. The Hall–Kier alpha value is -0.670. The number of likely N-dealkylation sites (tertiary alicyclic amines) is 1. The molecule has 19 heavy (non-hydrogen) atoms. The van der Waals surface area contributed by atoms with Crippen LogP contribution in [0.3, 0.4) is 0 Å². The molecule has 0 aliphatic carbocycles. The fourth-order valence-electron chi connectivity index (χ4n) is 3.00. The molecule has 0 atom stereocenters. The molecule has 2 rings (SSSR count). The number of nitrogens with zero attached hydrogens (tertiary/aromatic N) is 3. The molecule has 4 heteroatoms. The number of hydrogen-bond acceptors (Lipinski definition) is 3. The van der Waals surface area contributed by atoms with Gasteiger partial charge in [-0.1, -0.05) is 38.3 Å². The van der Waals surface area contributed by atoms with Crippen LogP contribution < -0.4 is 0 Å². The van der Waals surface area contributed by atoms with E-state index in [1.54, 1.807) is 6.07 Å². The van der Waals surface area contributed by atoms with Crippen LogP contribution in [-0.2, 0) is 6.54 Å². The minimum absolute atomic E-state index is 0.552. The second-order valence-electron chi connectivity index (χ2n) is 5.73. The number of piperidine rings is 1. The lowest BCUT2D eigenvalue weighted by molar-refractivity contribution is 0.0891. The van der Waals surface area contributed by atoms with Crippen LogP contribution in [0.15, 0.2) is 6.07 Å². The van der Waals surface area contributed by atoms with Gasteiger partial charge in [0.2, 0.25) is 0 Å². The predicted octanol–water partition coefficient (Wildman–Crippen LogP) is 3.84. The third-order valence-corrected chi connectivity index (χ3v) is 4.84. The van der Waals surface area contributed by atoms with Crippen molar-refractivity contribution in [3.63, 3.8) is 0 Å². The van der Waals surface area contributed by atoms with Crippen molar-refractivity contribution < 1.29 is 0 Å². The third kappa shape index (κ3) is 3.67. The summed E-state index contributed by atoms with van der Waals surface area (Å²) >= 11 is 5.99. The molecule has 0 bridgehead atoms. The highest BCUT2D eigenvalue weighted by Crippen LogP contribution is 2.38. The Morgan fingerprint density at radius 2 is 1.84 bits per heavy atom. The van der Waals surface area contributed by atoms with Crippen molar-refractivity contribution in [3.8, 4) is 0 Å². The Kier molecular flexibility index (Phi) is 4.80. The van der Waals surface area contributed by atoms with Gasteiger partial charge in [0, 0.05) is 5.69 Å². The predicted molar refractivity (Wildman–Crippen MR) is 79.3 cm³/mol. The van der Waals surface area contributed by atoms with E-state index in [-0.39, 0.29) is 0 Å². The van der Waals surface area contributed by atoms with Gasteiger partial charge in [0.1, 0.15) is 11.0 Å². The highest BCUT2D eigenvalue weighted by Gasteiger charge is 2.31. The van der Waals surface area contributed by atoms with Crippen LogP contribution in [0.1, 0.15) is 51.0 Å². The second-order valence-corrected chi connectivity index (χ2v) is 6.12. The Morgan fingerprint density at radius 3 is 2.37 bits per heavy atom. The van der Waals surface area contributed by atoms with E-state index >= 15 is 0 Å². The maximum atomic E-state index is 5.99. The summed E-state index contributed by atoms with van der Waals surface area (Å²) in [5.41, 5.74) is 1.52. The monoisotopic (exact) mass is 281 g/mol. The molecule has 1 fully saturated rings. The van der Waals surface area contributed by atoms with E-state index in [1.165, 1.54) is 25.7 Å². The van der Waals surface area contributed by atoms with Gasteiger partial charge < -0.3 is 0 Å². The molecule has 0 saturated carbocycles. The minimum Gasteiger partial charge on any atom is -0.296 e. The first-order valence-corrected chi connectivity index (χ1v) is 7.67. The topological polar surface area (TPSA) is 29.0 Å². The second kappa shape index (κ2) is 6.19. The van der Waals surface area contributed by atoms with Crippen molar-refractivity contribution in [2.75, 3.05) is 13.1 Å². The summed E-state index contributed by atoms with van der Waals surface area (Å²) in [5, 5.41) is 0.552. The van der Waals surface area contributed by atoms with Crippen molar-refractivity contribution in [1.29, 1.82) is 0 Å². The molecule has 1 aliphatic rings. The molecule has 0 aromatic carbocycles. The molecule has 0 N–H and O–H groups in total. The number of halogens is 1.